The van der Waals surface area contributed by atoms with Crippen LogP contribution in [0.1, 0.15) is 0 Å². The summed E-state index contributed by atoms with van der Waals surface area (Å²) in [6.07, 6.45) is 1.61. The van der Waals surface area contributed by atoms with Crippen molar-refractivity contribution in [1.82, 2.24) is 19.7 Å². The van der Waals surface area contributed by atoms with Crippen LogP contribution in [0.4, 0.5) is 5.95 Å². The van der Waals surface area contributed by atoms with Gasteiger partial charge >= 0.3 is 0 Å². The standard InChI is InChI=1S/C6H6ClN5/c1-12-5-3(2-9-12)4(7)10-6(8)11-5/h2H,1H3,(H2,8,10,11). The predicted molar refractivity (Wildman–Crippen MR) is 45.7 cm³/mol. The summed E-state index contributed by atoms with van der Waals surface area (Å²) in [7, 11) is 1.77. The molecule has 0 radical (unpaired) electrons. The summed E-state index contributed by atoms with van der Waals surface area (Å²) in [6, 6.07) is 0. The van der Waals surface area contributed by atoms with Gasteiger partial charge in [-0.1, -0.05) is 11.6 Å². The number of hydrogen-bond donors (Lipinski definition) is 1. The van der Waals surface area contributed by atoms with Crippen molar-refractivity contribution < 1.29 is 0 Å². The zero-order valence-corrected chi connectivity index (χ0v) is 7.08. The van der Waals surface area contributed by atoms with Crippen molar-refractivity contribution in [2.24, 2.45) is 7.05 Å². The Kier molecular flexibility index (Phi) is 1.41. The average Bonchev–Trinajstić information content (AvgIpc) is 2.33. The molecule has 0 saturated heterocycles. The number of aryl methyl sites for hydroxylation is 1. The predicted octanol–water partition coefficient (Wildman–Crippen LogP) is 0.599. The number of nitrogens with two attached hydrogens (primary N) is 1. The summed E-state index contributed by atoms with van der Waals surface area (Å²) >= 11 is 5.79. The fourth-order valence-electron chi connectivity index (χ4n) is 1.00. The van der Waals surface area contributed by atoms with Crippen molar-refractivity contribution in [3.63, 3.8) is 0 Å². The number of fused-ring (bicyclic) bond motifs is 1. The molecule has 0 aliphatic heterocycles. The average molecular weight is 184 g/mol. The molecule has 6 heteroatoms. The second-order valence-corrected chi connectivity index (χ2v) is 2.74. The maximum absolute atomic E-state index is 5.79. The zero-order chi connectivity index (χ0) is 8.72. The number of halogens is 1. The molecular formula is C6H6ClN5. The molecule has 0 aliphatic carbocycles. The van der Waals surface area contributed by atoms with Gasteiger partial charge in [-0.3, -0.25) is 4.68 Å². The van der Waals surface area contributed by atoms with Crippen LogP contribution in [0.2, 0.25) is 5.15 Å². The Morgan fingerprint density at radius 2 is 2.25 bits per heavy atom. The Hall–Kier alpha value is -1.36. The maximum atomic E-state index is 5.79. The van der Waals surface area contributed by atoms with Crippen LogP contribution >= 0.6 is 11.6 Å². The molecule has 0 atom stereocenters. The van der Waals surface area contributed by atoms with Crippen molar-refractivity contribution in [2.75, 3.05) is 5.73 Å². The van der Waals surface area contributed by atoms with Gasteiger partial charge in [-0.25, -0.2) is 4.98 Å². The highest BCUT2D eigenvalue weighted by molar-refractivity contribution is 6.34. The van der Waals surface area contributed by atoms with E-state index in [1.807, 2.05) is 0 Å². The van der Waals surface area contributed by atoms with Crippen LogP contribution in [0.5, 0.6) is 0 Å². The van der Waals surface area contributed by atoms with E-state index in [1.165, 1.54) is 0 Å². The second-order valence-electron chi connectivity index (χ2n) is 2.38. The number of rotatable bonds is 0. The van der Waals surface area contributed by atoms with E-state index < -0.39 is 0 Å². The number of nitrogen functional groups attached to an aromatic ring is 1. The second kappa shape index (κ2) is 2.31. The molecule has 12 heavy (non-hydrogen) atoms. The molecule has 0 fully saturated rings. The number of hydrogen-bond acceptors (Lipinski definition) is 4. The lowest BCUT2D eigenvalue weighted by atomic mass is 10.4. The van der Waals surface area contributed by atoms with E-state index in [4.69, 9.17) is 17.3 Å². The molecular weight excluding hydrogens is 178 g/mol. The minimum absolute atomic E-state index is 0.163. The van der Waals surface area contributed by atoms with Gasteiger partial charge in [0.1, 0.15) is 5.15 Å². The van der Waals surface area contributed by atoms with Crippen LogP contribution in [-0.4, -0.2) is 19.7 Å². The molecule has 2 aromatic rings. The molecule has 0 saturated carbocycles. The van der Waals surface area contributed by atoms with Gasteiger partial charge in [-0.05, 0) is 0 Å². The normalized spacial score (nSPS) is 10.8. The monoisotopic (exact) mass is 183 g/mol. The minimum atomic E-state index is 0.163. The largest absolute Gasteiger partial charge is 0.368 e. The Labute approximate surface area is 73.2 Å². The van der Waals surface area contributed by atoms with E-state index >= 15 is 0 Å². The van der Waals surface area contributed by atoms with Crippen LogP contribution in [0.25, 0.3) is 11.0 Å². The lowest BCUT2D eigenvalue weighted by Crippen LogP contribution is -1.98. The highest BCUT2D eigenvalue weighted by Gasteiger charge is 2.06. The molecule has 2 N–H and O–H groups in total. The highest BCUT2D eigenvalue weighted by atomic mass is 35.5. The van der Waals surface area contributed by atoms with Gasteiger partial charge in [0.05, 0.1) is 11.6 Å². The van der Waals surface area contributed by atoms with E-state index in [2.05, 4.69) is 15.1 Å². The smallest absolute Gasteiger partial charge is 0.223 e. The van der Waals surface area contributed by atoms with Crippen molar-refractivity contribution in [3.8, 4) is 0 Å². The third-order valence-electron chi connectivity index (χ3n) is 1.56. The number of aromatic nitrogens is 4. The highest BCUT2D eigenvalue weighted by Crippen LogP contribution is 2.19. The first kappa shape index (κ1) is 7.30. The lowest BCUT2D eigenvalue weighted by molar-refractivity contribution is 0.786. The van der Waals surface area contributed by atoms with Crippen LogP contribution < -0.4 is 5.73 Å². The first-order valence-corrected chi connectivity index (χ1v) is 3.67. The topological polar surface area (TPSA) is 69.6 Å². The van der Waals surface area contributed by atoms with Gasteiger partial charge < -0.3 is 5.73 Å². The molecule has 5 nitrogen and oxygen atoms in total. The molecule has 0 aliphatic rings. The van der Waals surface area contributed by atoms with Crippen LogP contribution in [-0.2, 0) is 7.05 Å². The Morgan fingerprint density at radius 3 is 3.00 bits per heavy atom. The molecule has 0 bridgehead atoms. The van der Waals surface area contributed by atoms with Gasteiger partial charge in [0.15, 0.2) is 5.65 Å². The first-order chi connectivity index (χ1) is 5.68. The molecule has 0 aromatic carbocycles. The lowest BCUT2D eigenvalue weighted by Gasteiger charge is -1.95. The van der Waals surface area contributed by atoms with Crippen LogP contribution in [0, 0.1) is 0 Å². The molecule has 62 valence electrons. The molecule has 0 unspecified atom stereocenters. The van der Waals surface area contributed by atoms with Gasteiger partial charge in [0.2, 0.25) is 5.95 Å². The molecule has 0 amide bonds. The Bertz CT molecular complexity index is 435. The minimum Gasteiger partial charge on any atom is -0.368 e. The summed E-state index contributed by atoms with van der Waals surface area (Å²) in [4.78, 5) is 7.77. The molecule has 2 rings (SSSR count). The fourth-order valence-corrected chi connectivity index (χ4v) is 1.22. The maximum Gasteiger partial charge on any atom is 0.223 e. The molecule has 2 aromatic heterocycles. The van der Waals surface area contributed by atoms with Crippen LogP contribution in [0.15, 0.2) is 6.20 Å². The first-order valence-electron chi connectivity index (χ1n) is 3.29. The number of nitrogens with zero attached hydrogens (tertiary/aromatic N) is 4. The fraction of sp³-hybridized carbons (Fsp3) is 0.167. The van der Waals surface area contributed by atoms with E-state index in [9.17, 15) is 0 Å². The summed E-state index contributed by atoms with van der Waals surface area (Å²) < 4.78 is 1.60. The Morgan fingerprint density at radius 1 is 1.50 bits per heavy atom. The number of anilines is 1. The van der Waals surface area contributed by atoms with E-state index in [1.54, 1.807) is 17.9 Å². The molecule has 0 spiro atoms. The van der Waals surface area contributed by atoms with Crippen LogP contribution in [0.3, 0.4) is 0 Å². The van der Waals surface area contributed by atoms with Gasteiger partial charge in [-0.15, -0.1) is 0 Å². The van der Waals surface area contributed by atoms with E-state index in [0.717, 1.165) is 0 Å². The summed E-state index contributed by atoms with van der Waals surface area (Å²) in [5, 5.41) is 5.03. The van der Waals surface area contributed by atoms with E-state index in [0.29, 0.717) is 16.2 Å². The van der Waals surface area contributed by atoms with Gasteiger partial charge in [0, 0.05) is 7.05 Å². The SMILES string of the molecule is Cn1ncc2c(Cl)nc(N)nc21. The molecule has 2 heterocycles. The van der Waals surface area contributed by atoms with E-state index in [-0.39, 0.29) is 5.95 Å². The van der Waals surface area contributed by atoms with Crippen molar-refractivity contribution in [3.05, 3.63) is 11.3 Å². The van der Waals surface area contributed by atoms with Crippen molar-refractivity contribution in [1.29, 1.82) is 0 Å². The summed E-state index contributed by atoms with van der Waals surface area (Å²) in [5.74, 6) is 0.163. The third kappa shape index (κ3) is 0.902. The Balaban J connectivity index is 2.92. The van der Waals surface area contributed by atoms with Crippen molar-refractivity contribution in [2.45, 2.75) is 0 Å². The van der Waals surface area contributed by atoms with Crippen molar-refractivity contribution >= 4 is 28.6 Å². The third-order valence-corrected chi connectivity index (χ3v) is 1.85. The van der Waals surface area contributed by atoms with Gasteiger partial charge in [0.25, 0.3) is 0 Å². The van der Waals surface area contributed by atoms with Gasteiger partial charge in [-0.2, -0.15) is 10.1 Å². The zero-order valence-electron chi connectivity index (χ0n) is 6.32. The summed E-state index contributed by atoms with van der Waals surface area (Å²) in [6.45, 7) is 0. The quantitative estimate of drug-likeness (QED) is 0.608. The summed E-state index contributed by atoms with van der Waals surface area (Å²) in [5.41, 5.74) is 6.05.